The van der Waals surface area contributed by atoms with Crippen LogP contribution in [0.3, 0.4) is 0 Å². The highest BCUT2D eigenvalue weighted by molar-refractivity contribution is 5.36. The number of hydrogen-bond donors (Lipinski definition) is 0. The molecule has 2 nitrogen and oxygen atoms in total. The van der Waals surface area contributed by atoms with E-state index in [1.54, 1.807) is 0 Å². The van der Waals surface area contributed by atoms with Gasteiger partial charge in [-0.1, -0.05) is 12.1 Å². The summed E-state index contributed by atoms with van der Waals surface area (Å²) >= 11 is 0. The van der Waals surface area contributed by atoms with Gasteiger partial charge in [0.1, 0.15) is 0 Å². The largest absolute Gasteiger partial charge is 0.301 e. The average molecular weight is 189 g/mol. The fraction of sp³-hybridized carbons (Fsp3) is 0.500. The number of nitrogens with zero attached hydrogens (tertiary/aromatic N) is 1. The van der Waals surface area contributed by atoms with Gasteiger partial charge in [0.25, 0.3) is 0 Å². The molecule has 1 atom stereocenters. The van der Waals surface area contributed by atoms with Gasteiger partial charge in [-0.25, -0.2) is 0 Å². The van der Waals surface area contributed by atoms with Crippen LogP contribution in [0.4, 0.5) is 5.69 Å². The smallest absolute Gasteiger partial charge is 0.0540 e. The van der Waals surface area contributed by atoms with Gasteiger partial charge in [-0.05, 0) is 50.6 Å². The van der Waals surface area contributed by atoms with E-state index in [4.69, 9.17) is 5.73 Å². The van der Waals surface area contributed by atoms with Gasteiger partial charge in [0, 0.05) is 6.04 Å². The first-order valence-electron chi connectivity index (χ1n) is 5.33. The normalized spacial score (nSPS) is 19.8. The van der Waals surface area contributed by atoms with E-state index in [0.717, 1.165) is 0 Å². The molecule has 1 radical (unpaired) electrons. The Morgan fingerprint density at radius 3 is 2.29 bits per heavy atom. The van der Waals surface area contributed by atoms with Gasteiger partial charge in [0.2, 0.25) is 0 Å². The van der Waals surface area contributed by atoms with E-state index in [1.807, 2.05) is 12.1 Å². The zero-order valence-corrected chi connectivity index (χ0v) is 8.66. The molecule has 75 valence electrons. The summed E-state index contributed by atoms with van der Waals surface area (Å²) in [6.07, 6.45) is 2.67. The molecule has 0 bridgehead atoms. The summed E-state index contributed by atoms with van der Waals surface area (Å²) in [5.41, 5.74) is 9.36. The van der Waals surface area contributed by atoms with Crippen LogP contribution in [0.1, 0.15) is 31.4 Å². The van der Waals surface area contributed by atoms with Crippen molar-refractivity contribution in [2.24, 2.45) is 0 Å². The van der Waals surface area contributed by atoms with Crippen LogP contribution in [0.15, 0.2) is 24.3 Å². The first-order chi connectivity index (χ1) is 6.77. The minimum Gasteiger partial charge on any atom is -0.301 e. The third-order valence-electron chi connectivity index (χ3n) is 3.08. The number of likely N-dealkylation sites (tertiary alicyclic amines) is 1. The Morgan fingerprint density at radius 1 is 1.14 bits per heavy atom. The number of hydrogen-bond acceptors (Lipinski definition) is 1. The summed E-state index contributed by atoms with van der Waals surface area (Å²) in [4.78, 5) is 2.51. The van der Waals surface area contributed by atoms with Crippen LogP contribution in [0.2, 0.25) is 0 Å². The van der Waals surface area contributed by atoms with E-state index >= 15 is 0 Å². The van der Waals surface area contributed by atoms with Gasteiger partial charge < -0.3 is 5.73 Å². The van der Waals surface area contributed by atoms with Crippen LogP contribution in [0.5, 0.6) is 0 Å². The molecule has 0 spiro atoms. The van der Waals surface area contributed by atoms with Crippen molar-refractivity contribution in [1.82, 2.24) is 10.6 Å². The Hall–Kier alpha value is -1.02. The Morgan fingerprint density at radius 2 is 1.71 bits per heavy atom. The lowest BCUT2D eigenvalue weighted by atomic mass is 10.1. The molecule has 1 heterocycles. The molecule has 1 saturated heterocycles. The topological polar surface area (TPSA) is 27.0 Å². The summed E-state index contributed by atoms with van der Waals surface area (Å²) in [5, 5.41) is 0. The molecule has 2 heteroatoms. The minimum absolute atomic E-state index is 0.512. The molecule has 1 aromatic carbocycles. The summed E-state index contributed by atoms with van der Waals surface area (Å²) in [6, 6.07) is 8.42. The van der Waals surface area contributed by atoms with Crippen LogP contribution in [0, 0.1) is 0 Å². The molecule has 2 rings (SSSR count). The zero-order chi connectivity index (χ0) is 9.97. The summed E-state index contributed by atoms with van der Waals surface area (Å²) in [7, 11) is 0. The summed E-state index contributed by atoms with van der Waals surface area (Å²) < 4.78 is 0. The maximum atomic E-state index is 7.43. The van der Waals surface area contributed by atoms with Crippen molar-refractivity contribution < 1.29 is 0 Å². The fourth-order valence-corrected chi connectivity index (χ4v) is 2.10. The highest BCUT2D eigenvalue weighted by atomic mass is 15.2. The first-order valence-corrected chi connectivity index (χ1v) is 5.33. The molecule has 1 aliphatic heterocycles. The monoisotopic (exact) mass is 189 g/mol. The minimum atomic E-state index is 0.512. The fourth-order valence-electron chi connectivity index (χ4n) is 2.10. The lowest BCUT2D eigenvalue weighted by Crippen LogP contribution is -2.23. The van der Waals surface area contributed by atoms with E-state index in [1.165, 1.54) is 31.5 Å². The van der Waals surface area contributed by atoms with Crippen LogP contribution >= 0.6 is 0 Å². The van der Waals surface area contributed by atoms with Crippen LogP contribution < -0.4 is 5.73 Å². The SMILES string of the molecule is CC(c1ccc([NH])cc1)N1CCCC1. The molecule has 1 fully saturated rings. The van der Waals surface area contributed by atoms with E-state index in [2.05, 4.69) is 24.0 Å². The Kier molecular flexibility index (Phi) is 2.73. The molecule has 1 aliphatic rings. The highest BCUT2D eigenvalue weighted by Crippen LogP contribution is 2.24. The predicted molar refractivity (Wildman–Crippen MR) is 58.4 cm³/mol. The van der Waals surface area contributed by atoms with Crippen molar-refractivity contribution in [3.63, 3.8) is 0 Å². The molecule has 0 saturated carbocycles. The van der Waals surface area contributed by atoms with Gasteiger partial charge >= 0.3 is 0 Å². The number of rotatable bonds is 2. The van der Waals surface area contributed by atoms with Crippen molar-refractivity contribution in [1.29, 1.82) is 0 Å². The molecule has 0 aliphatic carbocycles. The third kappa shape index (κ3) is 1.90. The van der Waals surface area contributed by atoms with Crippen molar-refractivity contribution in [3.05, 3.63) is 29.8 Å². The summed E-state index contributed by atoms with van der Waals surface area (Å²) in [5.74, 6) is 0. The lowest BCUT2D eigenvalue weighted by molar-refractivity contribution is 0.263. The van der Waals surface area contributed by atoms with Crippen molar-refractivity contribution >= 4 is 5.69 Å². The highest BCUT2D eigenvalue weighted by Gasteiger charge is 2.18. The number of nitrogens with one attached hydrogen (secondary N) is 1. The molecule has 1 aromatic rings. The second kappa shape index (κ2) is 4.01. The number of benzene rings is 1. The van der Waals surface area contributed by atoms with Crippen LogP contribution in [-0.4, -0.2) is 18.0 Å². The van der Waals surface area contributed by atoms with Crippen molar-refractivity contribution in [2.45, 2.75) is 25.8 Å². The second-order valence-electron chi connectivity index (χ2n) is 4.04. The van der Waals surface area contributed by atoms with E-state index in [0.29, 0.717) is 11.7 Å². The Bertz CT molecular complexity index is 286. The van der Waals surface area contributed by atoms with Crippen molar-refractivity contribution in [3.8, 4) is 0 Å². The maximum Gasteiger partial charge on any atom is 0.0540 e. The molecule has 1 N–H and O–H groups in total. The maximum absolute atomic E-state index is 7.43. The molecular weight excluding hydrogens is 172 g/mol. The first kappa shape index (κ1) is 9.53. The predicted octanol–water partition coefficient (Wildman–Crippen LogP) is 2.76. The van der Waals surface area contributed by atoms with Gasteiger partial charge in [0.05, 0.1) is 5.69 Å². The molecule has 14 heavy (non-hydrogen) atoms. The second-order valence-corrected chi connectivity index (χ2v) is 4.04. The molecule has 1 unspecified atom stereocenters. The zero-order valence-electron chi connectivity index (χ0n) is 8.66. The van der Waals surface area contributed by atoms with E-state index in [9.17, 15) is 0 Å². The Labute approximate surface area is 85.7 Å². The summed E-state index contributed by atoms with van der Waals surface area (Å²) in [6.45, 7) is 4.71. The third-order valence-corrected chi connectivity index (χ3v) is 3.08. The van der Waals surface area contributed by atoms with Crippen molar-refractivity contribution in [2.75, 3.05) is 13.1 Å². The van der Waals surface area contributed by atoms with Gasteiger partial charge in [-0.3, -0.25) is 4.90 Å². The Balaban J connectivity index is 2.09. The average Bonchev–Trinajstić information content (AvgIpc) is 2.71. The van der Waals surface area contributed by atoms with Gasteiger partial charge in [-0.2, -0.15) is 0 Å². The van der Waals surface area contributed by atoms with Crippen LogP contribution in [-0.2, 0) is 0 Å². The molecular formula is C12H17N2. The van der Waals surface area contributed by atoms with E-state index < -0.39 is 0 Å². The van der Waals surface area contributed by atoms with Crippen LogP contribution in [0.25, 0.3) is 0 Å². The molecule has 0 aromatic heterocycles. The van der Waals surface area contributed by atoms with Gasteiger partial charge in [0.15, 0.2) is 0 Å². The quantitative estimate of drug-likeness (QED) is 0.702. The standard InChI is InChI=1S/C12H17N2/c1-10(14-8-2-3-9-14)11-4-6-12(13)7-5-11/h4-7,10,13H,2-3,8-9H2,1H3. The lowest BCUT2D eigenvalue weighted by Gasteiger charge is -2.23. The molecule has 0 amide bonds. The van der Waals surface area contributed by atoms with Gasteiger partial charge in [-0.15, -0.1) is 0 Å². The van der Waals surface area contributed by atoms with E-state index in [-0.39, 0.29) is 0 Å².